The second-order valence-electron chi connectivity index (χ2n) is 5.07. The highest BCUT2D eigenvalue weighted by Crippen LogP contribution is 2.23. The second-order valence-corrected chi connectivity index (χ2v) is 5.07. The highest BCUT2D eigenvalue weighted by atomic mass is 16.6. The fourth-order valence-electron chi connectivity index (χ4n) is 2.00. The Morgan fingerprint density at radius 3 is 2.74 bits per heavy atom. The number of amides is 1. The molecule has 2 aromatic heterocycles. The molecule has 0 atom stereocenters. The van der Waals surface area contributed by atoms with E-state index < -0.39 is 4.92 Å². The summed E-state index contributed by atoms with van der Waals surface area (Å²) in [6.07, 6.45) is 1.49. The molecular weight excluding hydrogens is 302 g/mol. The molecule has 0 spiro atoms. The van der Waals surface area contributed by atoms with E-state index in [4.69, 9.17) is 4.52 Å². The number of nitrogens with zero attached hydrogens (tertiary/aromatic N) is 5. The number of anilines is 1. The van der Waals surface area contributed by atoms with Crippen LogP contribution < -0.4 is 4.90 Å². The van der Waals surface area contributed by atoms with Gasteiger partial charge in [-0.1, -0.05) is 5.16 Å². The first-order valence-electron chi connectivity index (χ1n) is 6.89. The third-order valence-corrected chi connectivity index (χ3v) is 3.29. The van der Waals surface area contributed by atoms with Gasteiger partial charge in [0.25, 0.3) is 5.91 Å². The van der Waals surface area contributed by atoms with Gasteiger partial charge in [-0.2, -0.15) is 0 Å². The molecule has 0 saturated carbocycles. The Morgan fingerprint density at radius 2 is 2.13 bits per heavy atom. The van der Waals surface area contributed by atoms with Gasteiger partial charge in [0.1, 0.15) is 5.76 Å². The molecule has 0 aliphatic heterocycles. The van der Waals surface area contributed by atoms with Crippen LogP contribution >= 0.6 is 0 Å². The summed E-state index contributed by atoms with van der Waals surface area (Å²) in [5.74, 6) is 0.546. The molecule has 0 fully saturated rings. The summed E-state index contributed by atoms with van der Waals surface area (Å²) in [6, 6.07) is 4.47. The van der Waals surface area contributed by atoms with Crippen LogP contribution in [-0.4, -0.2) is 53.1 Å². The number of hydrogen-bond acceptors (Lipinski definition) is 7. The highest BCUT2D eigenvalue weighted by molar-refractivity contribution is 5.92. The molecule has 9 heteroatoms. The molecular formula is C14H17N5O4. The normalized spacial score (nSPS) is 10.4. The fraction of sp³-hybridized carbons (Fsp3) is 0.357. The molecule has 0 aromatic carbocycles. The first kappa shape index (κ1) is 16.4. The Hall–Kier alpha value is -2.97. The van der Waals surface area contributed by atoms with Crippen molar-refractivity contribution in [1.82, 2.24) is 15.0 Å². The molecule has 0 N–H and O–H groups in total. The van der Waals surface area contributed by atoms with E-state index in [9.17, 15) is 14.9 Å². The average molecular weight is 319 g/mol. The number of carbonyl (C=O) groups is 1. The van der Waals surface area contributed by atoms with Crippen molar-refractivity contribution in [2.45, 2.75) is 6.92 Å². The predicted molar refractivity (Wildman–Crippen MR) is 82.4 cm³/mol. The van der Waals surface area contributed by atoms with Crippen LogP contribution in [0.3, 0.4) is 0 Å². The van der Waals surface area contributed by atoms with E-state index in [1.54, 1.807) is 32.0 Å². The lowest BCUT2D eigenvalue weighted by Gasteiger charge is -2.22. The second kappa shape index (κ2) is 6.86. The minimum atomic E-state index is -0.480. The Morgan fingerprint density at radius 1 is 1.39 bits per heavy atom. The molecule has 0 aliphatic carbocycles. The van der Waals surface area contributed by atoms with Crippen LogP contribution in [-0.2, 0) is 0 Å². The van der Waals surface area contributed by atoms with Crippen molar-refractivity contribution in [1.29, 1.82) is 0 Å². The van der Waals surface area contributed by atoms with E-state index in [2.05, 4.69) is 10.1 Å². The van der Waals surface area contributed by atoms with Gasteiger partial charge in [-0.25, -0.2) is 4.98 Å². The zero-order valence-electron chi connectivity index (χ0n) is 13.1. The van der Waals surface area contributed by atoms with Gasteiger partial charge in [0.05, 0.1) is 4.92 Å². The maximum atomic E-state index is 12.1. The number of aryl methyl sites for hydroxylation is 1. The number of aromatic nitrogens is 2. The van der Waals surface area contributed by atoms with Crippen molar-refractivity contribution in [3.05, 3.63) is 46.0 Å². The van der Waals surface area contributed by atoms with Gasteiger partial charge in [-0.15, -0.1) is 0 Å². The summed E-state index contributed by atoms with van der Waals surface area (Å²) in [5.41, 5.74) is 0.160. The number of likely N-dealkylation sites (N-methyl/N-ethyl adjacent to an activating group) is 2. The SMILES string of the molecule is Cc1cc(C(=O)N(C)CCN(C)c2ncccc2[N+](=O)[O-])no1. The van der Waals surface area contributed by atoms with Gasteiger partial charge in [0, 0.05) is 45.5 Å². The van der Waals surface area contributed by atoms with Crippen LogP contribution in [0.15, 0.2) is 28.9 Å². The molecule has 9 nitrogen and oxygen atoms in total. The van der Waals surface area contributed by atoms with E-state index >= 15 is 0 Å². The van der Waals surface area contributed by atoms with E-state index in [0.717, 1.165) is 0 Å². The molecule has 122 valence electrons. The van der Waals surface area contributed by atoms with E-state index in [-0.39, 0.29) is 23.1 Å². The maximum Gasteiger partial charge on any atom is 0.311 e. The number of pyridine rings is 1. The molecule has 0 bridgehead atoms. The predicted octanol–water partition coefficient (Wildman–Crippen LogP) is 1.49. The molecule has 0 aliphatic rings. The molecule has 0 radical (unpaired) electrons. The van der Waals surface area contributed by atoms with Gasteiger partial charge in [-0.05, 0) is 13.0 Å². The summed E-state index contributed by atoms with van der Waals surface area (Å²) in [7, 11) is 3.32. The number of hydrogen-bond donors (Lipinski definition) is 0. The third-order valence-electron chi connectivity index (χ3n) is 3.29. The summed E-state index contributed by atoms with van der Waals surface area (Å²) in [4.78, 5) is 29.8. The van der Waals surface area contributed by atoms with Gasteiger partial charge in [-0.3, -0.25) is 14.9 Å². The van der Waals surface area contributed by atoms with E-state index in [1.807, 2.05) is 0 Å². The number of carbonyl (C=O) groups excluding carboxylic acids is 1. The lowest BCUT2D eigenvalue weighted by molar-refractivity contribution is -0.384. The van der Waals surface area contributed by atoms with Crippen LogP contribution in [0, 0.1) is 17.0 Å². The van der Waals surface area contributed by atoms with Crippen LogP contribution in [0.4, 0.5) is 11.5 Å². The standard InChI is InChI=1S/C14H17N5O4/c1-10-9-11(16-23-10)14(20)18(3)8-7-17(2)13-12(19(21)22)5-4-6-15-13/h4-6,9H,7-8H2,1-3H3. The first-order valence-corrected chi connectivity index (χ1v) is 6.89. The summed E-state index contributed by atoms with van der Waals surface area (Å²) in [5, 5.41) is 14.7. The summed E-state index contributed by atoms with van der Waals surface area (Å²) >= 11 is 0. The quantitative estimate of drug-likeness (QED) is 0.586. The van der Waals surface area contributed by atoms with E-state index in [0.29, 0.717) is 18.8 Å². The van der Waals surface area contributed by atoms with Crippen molar-refractivity contribution in [2.24, 2.45) is 0 Å². The molecule has 2 aromatic rings. The average Bonchev–Trinajstić information content (AvgIpc) is 2.97. The smallest absolute Gasteiger partial charge is 0.311 e. The topological polar surface area (TPSA) is 106 Å². The molecule has 2 rings (SSSR count). The third kappa shape index (κ3) is 3.82. The summed E-state index contributed by atoms with van der Waals surface area (Å²) < 4.78 is 4.88. The Kier molecular flexibility index (Phi) is 4.89. The lowest BCUT2D eigenvalue weighted by Crippen LogP contribution is -2.35. The molecule has 2 heterocycles. The van der Waals surface area contributed by atoms with Crippen molar-refractivity contribution in [3.63, 3.8) is 0 Å². The first-order chi connectivity index (χ1) is 10.9. The largest absolute Gasteiger partial charge is 0.361 e. The number of nitro groups is 1. The van der Waals surface area contributed by atoms with Gasteiger partial charge >= 0.3 is 5.69 Å². The highest BCUT2D eigenvalue weighted by Gasteiger charge is 2.20. The van der Waals surface area contributed by atoms with Crippen molar-refractivity contribution >= 4 is 17.4 Å². The minimum absolute atomic E-state index is 0.0731. The van der Waals surface area contributed by atoms with Crippen molar-refractivity contribution in [3.8, 4) is 0 Å². The van der Waals surface area contributed by atoms with Gasteiger partial charge < -0.3 is 14.3 Å². The lowest BCUT2D eigenvalue weighted by atomic mass is 10.3. The van der Waals surface area contributed by atoms with Crippen LogP contribution in [0.25, 0.3) is 0 Å². The van der Waals surface area contributed by atoms with Gasteiger partial charge in [0.2, 0.25) is 5.82 Å². The van der Waals surface area contributed by atoms with Crippen molar-refractivity contribution < 1.29 is 14.2 Å². The molecule has 23 heavy (non-hydrogen) atoms. The Labute approximate surface area is 132 Å². The Balaban J connectivity index is 2.00. The van der Waals surface area contributed by atoms with Gasteiger partial charge in [0.15, 0.2) is 5.69 Å². The maximum absolute atomic E-state index is 12.1. The number of rotatable bonds is 6. The zero-order valence-corrected chi connectivity index (χ0v) is 13.1. The van der Waals surface area contributed by atoms with Crippen molar-refractivity contribution in [2.75, 3.05) is 32.1 Å². The molecule has 0 unspecified atom stereocenters. The van der Waals surface area contributed by atoms with Crippen LogP contribution in [0.2, 0.25) is 0 Å². The molecule has 1 amide bonds. The summed E-state index contributed by atoms with van der Waals surface area (Å²) in [6.45, 7) is 2.45. The van der Waals surface area contributed by atoms with Crippen LogP contribution in [0.1, 0.15) is 16.2 Å². The fourth-order valence-corrected chi connectivity index (χ4v) is 2.00. The van der Waals surface area contributed by atoms with Crippen LogP contribution in [0.5, 0.6) is 0 Å². The Bertz CT molecular complexity index is 715. The minimum Gasteiger partial charge on any atom is -0.361 e. The zero-order chi connectivity index (χ0) is 17.0. The monoisotopic (exact) mass is 319 g/mol. The molecule has 0 saturated heterocycles. The van der Waals surface area contributed by atoms with E-state index in [1.165, 1.54) is 23.2 Å².